The lowest BCUT2D eigenvalue weighted by atomic mass is 10.3. The van der Waals surface area contributed by atoms with Gasteiger partial charge in [0.2, 0.25) is 5.91 Å². The Morgan fingerprint density at radius 3 is 2.58 bits per heavy atom. The first kappa shape index (κ1) is 21.4. The van der Waals surface area contributed by atoms with Crippen molar-refractivity contribution in [2.24, 2.45) is 0 Å². The number of benzene rings is 2. The summed E-state index contributed by atoms with van der Waals surface area (Å²) in [5, 5.41) is 4.32. The molecule has 0 saturated carbocycles. The summed E-state index contributed by atoms with van der Waals surface area (Å²) in [6, 6.07) is 8.12. The lowest BCUT2D eigenvalue weighted by Gasteiger charge is -2.12. The van der Waals surface area contributed by atoms with Crippen molar-refractivity contribution in [2.45, 2.75) is 5.16 Å². The van der Waals surface area contributed by atoms with E-state index in [9.17, 15) is 22.8 Å². The molecule has 0 saturated heterocycles. The Morgan fingerprint density at radius 1 is 1.13 bits per heavy atom. The lowest BCUT2D eigenvalue weighted by Crippen LogP contribution is -2.22. The lowest BCUT2D eigenvalue weighted by molar-refractivity contribution is -0.113. The number of hydrogen-bond donors (Lipinski definition) is 1. The van der Waals surface area contributed by atoms with Gasteiger partial charge in [-0.25, -0.2) is 18.2 Å². The number of thiophene rings is 1. The van der Waals surface area contributed by atoms with E-state index in [-0.39, 0.29) is 27.3 Å². The fourth-order valence-electron chi connectivity index (χ4n) is 2.79. The first-order valence-corrected chi connectivity index (χ1v) is 10.9. The Kier molecular flexibility index (Phi) is 6.03. The predicted octanol–water partition coefficient (Wildman–Crippen LogP) is 5.25. The Bertz CT molecular complexity index is 1350. The minimum Gasteiger partial charge on any atom is -0.323 e. The summed E-state index contributed by atoms with van der Waals surface area (Å²) in [5.41, 5.74) is -0.232. The molecule has 5 nitrogen and oxygen atoms in total. The Balaban J connectivity index is 1.66. The van der Waals surface area contributed by atoms with E-state index in [1.807, 2.05) is 0 Å². The van der Waals surface area contributed by atoms with Gasteiger partial charge in [-0.2, -0.15) is 0 Å². The number of nitrogens with one attached hydrogen (secondary N) is 1. The van der Waals surface area contributed by atoms with Crippen molar-refractivity contribution in [3.8, 4) is 5.69 Å². The highest BCUT2D eigenvalue weighted by molar-refractivity contribution is 7.99. The van der Waals surface area contributed by atoms with Gasteiger partial charge in [0.25, 0.3) is 5.56 Å². The third kappa shape index (κ3) is 4.60. The van der Waals surface area contributed by atoms with Gasteiger partial charge in [0, 0.05) is 11.1 Å². The van der Waals surface area contributed by atoms with E-state index in [0.717, 1.165) is 45.9 Å². The second kappa shape index (κ2) is 8.74. The average molecular weight is 482 g/mol. The van der Waals surface area contributed by atoms with Crippen LogP contribution in [-0.4, -0.2) is 21.2 Å². The predicted molar refractivity (Wildman–Crippen MR) is 116 cm³/mol. The first-order chi connectivity index (χ1) is 14.8. The minimum absolute atomic E-state index is 0.0548. The maximum atomic E-state index is 13.9. The van der Waals surface area contributed by atoms with Crippen LogP contribution in [0.25, 0.3) is 15.9 Å². The number of halogens is 4. The summed E-state index contributed by atoms with van der Waals surface area (Å²) >= 11 is 7.71. The molecule has 0 spiro atoms. The van der Waals surface area contributed by atoms with E-state index < -0.39 is 28.9 Å². The van der Waals surface area contributed by atoms with Crippen LogP contribution in [0.2, 0.25) is 5.02 Å². The fourth-order valence-corrected chi connectivity index (χ4v) is 4.52. The highest BCUT2D eigenvalue weighted by Gasteiger charge is 2.17. The van der Waals surface area contributed by atoms with Crippen molar-refractivity contribution in [3.63, 3.8) is 0 Å². The quantitative estimate of drug-likeness (QED) is 0.312. The van der Waals surface area contributed by atoms with Crippen LogP contribution in [0.3, 0.4) is 0 Å². The number of rotatable bonds is 5. The molecule has 0 aliphatic rings. The number of amides is 1. The largest absolute Gasteiger partial charge is 0.323 e. The van der Waals surface area contributed by atoms with Gasteiger partial charge < -0.3 is 5.32 Å². The number of thioether (sulfide) groups is 1. The van der Waals surface area contributed by atoms with E-state index in [0.29, 0.717) is 16.3 Å². The van der Waals surface area contributed by atoms with Gasteiger partial charge in [-0.15, -0.1) is 11.3 Å². The average Bonchev–Trinajstić information content (AvgIpc) is 3.17. The van der Waals surface area contributed by atoms with Gasteiger partial charge >= 0.3 is 0 Å². The first-order valence-electron chi connectivity index (χ1n) is 8.66. The van der Waals surface area contributed by atoms with Crippen LogP contribution in [0.15, 0.2) is 57.8 Å². The number of carbonyl (C=O) groups excluding carboxylic acids is 1. The molecule has 0 radical (unpaired) electrons. The van der Waals surface area contributed by atoms with Crippen LogP contribution < -0.4 is 10.9 Å². The molecule has 31 heavy (non-hydrogen) atoms. The zero-order valence-electron chi connectivity index (χ0n) is 15.4. The van der Waals surface area contributed by atoms with Gasteiger partial charge in [0.15, 0.2) is 5.16 Å². The third-order valence-electron chi connectivity index (χ3n) is 4.09. The molecule has 0 aliphatic carbocycles. The molecule has 0 aliphatic heterocycles. The van der Waals surface area contributed by atoms with Crippen LogP contribution in [-0.2, 0) is 4.79 Å². The van der Waals surface area contributed by atoms with Crippen LogP contribution in [0, 0.1) is 17.5 Å². The molecule has 1 N–H and O–H groups in total. The normalized spacial score (nSPS) is 11.1. The minimum atomic E-state index is -0.861. The zero-order valence-corrected chi connectivity index (χ0v) is 17.8. The van der Waals surface area contributed by atoms with Crippen molar-refractivity contribution in [3.05, 3.63) is 80.7 Å². The van der Waals surface area contributed by atoms with E-state index in [1.165, 1.54) is 12.1 Å². The Hall–Kier alpha value is -2.82. The number of nitrogens with zero attached hydrogens (tertiary/aromatic N) is 2. The van der Waals surface area contributed by atoms with Crippen molar-refractivity contribution in [2.75, 3.05) is 11.1 Å². The third-order valence-corrected chi connectivity index (χ3v) is 6.16. The molecule has 0 atom stereocenters. The summed E-state index contributed by atoms with van der Waals surface area (Å²) in [5.74, 6) is -3.22. The molecule has 158 valence electrons. The molecule has 2 heterocycles. The van der Waals surface area contributed by atoms with Crippen LogP contribution in [0.1, 0.15) is 0 Å². The number of carbonyl (C=O) groups is 1. The molecule has 4 aromatic rings. The van der Waals surface area contributed by atoms with Gasteiger partial charge in [-0.3, -0.25) is 14.2 Å². The van der Waals surface area contributed by atoms with Gasteiger partial charge in [0.05, 0.1) is 22.6 Å². The molecule has 2 aromatic heterocycles. The van der Waals surface area contributed by atoms with Crippen molar-refractivity contribution in [1.29, 1.82) is 0 Å². The highest BCUT2D eigenvalue weighted by atomic mass is 35.5. The second-order valence-electron chi connectivity index (χ2n) is 6.26. The van der Waals surface area contributed by atoms with Gasteiger partial charge in [-0.05, 0) is 41.8 Å². The van der Waals surface area contributed by atoms with Crippen LogP contribution in [0.4, 0.5) is 18.9 Å². The van der Waals surface area contributed by atoms with Crippen LogP contribution >= 0.6 is 34.7 Å². The zero-order chi connectivity index (χ0) is 22.1. The van der Waals surface area contributed by atoms with E-state index in [2.05, 4.69) is 10.3 Å². The smallest absolute Gasteiger partial charge is 0.276 e. The summed E-state index contributed by atoms with van der Waals surface area (Å²) in [6.07, 6.45) is 0. The molecule has 1 amide bonds. The molecular formula is C20H11ClF3N3O2S2. The Labute approximate surface area is 186 Å². The molecule has 0 unspecified atom stereocenters. The second-order valence-corrected chi connectivity index (χ2v) is 8.55. The van der Waals surface area contributed by atoms with Crippen molar-refractivity contribution in [1.82, 2.24) is 9.55 Å². The van der Waals surface area contributed by atoms with Crippen molar-refractivity contribution < 1.29 is 18.0 Å². The molecular weight excluding hydrogens is 471 g/mol. The SMILES string of the molecule is O=C(CSc1nc2ccsc2c(=O)n1-c1cc(F)cc(F)c1)Nc1ccc(Cl)cc1F. The van der Waals surface area contributed by atoms with E-state index in [4.69, 9.17) is 11.6 Å². The standard InChI is InChI=1S/C20H11ClF3N3O2S2/c21-10-1-2-15(14(24)5-10)25-17(28)9-31-20-26-16-3-4-30-18(16)19(29)27(20)13-7-11(22)6-12(23)8-13/h1-8H,9H2,(H,25,28). The number of anilines is 1. The molecule has 0 fully saturated rings. The van der Waals surface area contributed by atoms with E-state index >= 15 is 0 Å². The monoisotopic (exact) mass is 481 g/mol. The maximum absolute atomic E-state index is 13.9. The van der Waals surface area contributed by atoms with Crippen molar-refractivity contribution >= 4 is 56.5 Å². The molecule has 2 aromatic carbocycles. The topological polar surface area (TPSA) is 64.0 Å². The number of aromatic nitrogens is 2. The van der Waals surface area contributed by atoms with Gasteiger partial charge in [0.1, 0.15) is 22.2 Å². The van der Waals surface area contributed by atoms with Gasteiger partial charge in [-0.1, -0.05) is 23.4 Å². The van der Waals surface area contributed by atoms with E-state index in [1.54, 1.807) is 11.4 Å². The fraction of sp³-hybridized carbons (Fsp3) is 0.0500. The van der Waals surface area contributed by atoms with Crippen LogP contribution in [0.5, 0.6) is 0 Å². The summed E-state index contributed by atoms with van der Waals surface area (Å²) in [7, 11) is 0. The number of hydrogen-bond acceptors (Lipinski definition) is 5. The highest BCUT2D eigenvalue weighted by Crippen LogP contribution is 2.25. The molecule has 11 heteroatoms. The summed E-state index contributed by atoms with van der Waals surface area (Å²) in [4.78, 5) is 29.6. The number of fused-ring (bicyclic) bond motifs is 1. The molecule has 0 bridgehead atoms. The molecule has 4 rings (SSSR count). The maximum Gasteiger partial charge on any atom is 0.276 e. The summed E-state index contributed by atoms with van der Waals surface area (Å²) < 4.78 is 42.8. The summed E-state index contributed by atoms with van der Waals surface area (Å²) in [6.45, 7) is 0. The Morgan fingerprint density at radius 2 is 1.87 bits per heavy atom.